The van der Waals surface area contributed by atoms with Crippen molar-refractivity contribution in [3.63, 3.8) is 0 Å². The van der Waals surface area contributed by atoms with Crippen LogP contribution in [0.3, 0.4) is 0 Å². The molecule has 3 nitrogen and oxygen atoms in total. The number of hydrogen-bond acceptors (Lipinski definition) is 2. The van der Waals surface area contributed by atoms with Crippen LogP contribution in [0.4, 0.5) is 0 Å². The number of nitrogens with one attached hydrogen (secondary N) is 1. The summed E-state index contributed by atoms with van der Waals surface area (Å²) in [5, 5.41) is 6.52. The maximum Gasteiger partial charge on any atom is 0.264 e. The van der Waals surface area contributed by atoms with Crippen molar-refractivity contribution in [2.75, 3.05) is 0 Å². The first-order valence-electron chi connectivity index (χ1n) is 5.99. The molecule has 1 N–H and O–H groups in total. The lowest BCUT2D eigenvalue weighted by Crippen LogP contribution is -2.09. The molecule has 1 saturated carbocycles. The van der Waals surface area contributed by atoms with Gasteiger partial charge < -0.3 is 0 Å². The summed E-state index contributed by atoms with van der Waals surface area (Å²) in [5.41, 5.74) is 3.13. The minimum Gasteiger partial charge on any atom is -0.268 e. The highest BCUT2D eigenvalue weighted by molar-refractivity contribution is 5.59. The molecule has 86 valence electrons. The molecule has 1 heterocycles. The van der Waals surface area contributed by atoms with Crippen molar-refractivity contribution in [1.29, 1.82) is 0 Å². The molecule has 1 aliphatic carbocycles. The fourth-order valence-corrected chi connectivity index (χ4v) is 2.20. The molecule has 0 amide bonds. The Balaban J connectivity index is 1.97. The van der Waals surface area contributed by atoms with Crippen LogP contribution in [0, 0.1) is 0 Å². The predicted molar refractivity (Wildman–Crippen MR) is 66.9 cm³/mol. The number of rotatable bonds is 2. The van der Waals surface area contributed by atoms with E-state index in [1.54, 1.807) is 6.07 Å². The average molecular weight is 226 g/mol. The minimum absolute atomic E-state index is 0.163. The molecule has 0 spiro atoms. The van der Waals surface area contributed by atoms with E-state index in [2.05, 4.69) is 28.4 Å². The van der Waals surface area contributed by atoms with E-state index in [0.717, 1.165) is 17.2 Å². The summed E-state index contributed by atoms with van der Waals surface area (Å²) in [6.07, 6.45) is 3.93. The molecule has 1 fully saturated rings. The Labute approximate surface area is 99.5 Å². The van der Waals surface area contributed by atoms with E-state index < -0.39 is 0 Å². The standard InChI is InChI=1S/C14H14N2O/c17-14-8-7-13(15-16-14)12-6-2-5-11(9-12)10-3-1-4-10/h2,5-10H,1,3-4H2,(H,16,17). The van der Waals surface area contributed by atoms with Gasteiger partial charge in [-0.2, -0.15) is 5.10 Å². The third-order valence-corrected chi connectivity index (χ3v) is 3.44. The van der Waals surface area contributed by atoms with Gasteiger partial charge in [-0.15, -0.1) is 0 Å². The van der Waals surface area contributed by atoms with Crippen molar-refractivity contribution < 1.29 is 0 Å². The second-order valence-corrected chi connectivity index (χ2v) is 4.56. The van der Waals surface area contributed by atoms with Crippen LogP contribution in [0.2, 0.25) is 0 Å². The summed E-state index contributed by atoms with van der Waals surface area (Å²) in [6, 6.07) is 11.7. The van der Waals surface area contributed by atoms with Gasteiger partial charge in [-0.1, -0.05) is 24.6 Å². The van der Waals surface area contributed by atoms with Crippen LogP contribution in [0.25, 0.3) is 11.3 Å². The highest BCUT2D eigenvalue weighted by atomic mass is 16.1. The summed E-state index contributed by atoms with van der Waals surface area (Å²) in [7, 11) is 0. The van der Waals surface area contributed by atoms with E-state index >= 15 is 0 Å². The fourth-order valence-electron chi connectivity index (χ4n) is 2.20. The number of H-pyrrole nitrogens is 1. The average Bonchev–Trinajstić information content (AvgIpc) is 2.28. The Morgan fingerprint density at radius 2 is 2.06 bits per heavy atom. The first kappa shape index (κ1) is 10.3. The van der Waals surface area contributed by atoms with Crippen molar-refractivity contribution >= 4 is 0 Å². The van der Waals surface area contributed by atoms with Gasteiger partial charge in [0.2, 0.25) is 0 Å². The molecule has 0 atom stereocenters. The molecule has 0 aliphatic heterocycles. The summed E-state index contributed by atoms with van der Waals surface area (Å²) in [4.78, 5) is 11.0. The number of benzene rings is 1. The molecular formula is C14H14N2O. The van der Waals surface area contributed by atoms with E-state index in [1.165, 1.54) is 30.9 Å². The predicted octanol–water partition coefficient (Wildman–Crippen LogP) is 2.70. The van der Waals surface area contributed by atoms with Gasteiger partial charge in [0.15, 0.2) is 0 Å². The first-order chi connectivity index (χ1) is 8.33. The monoisotopic (exact) mass is 226 g/mol. The van der Waals surface area contributed by atoms with Crippen LogP contribution < -0.4 is 5.56 Å². The van der Waals surface area contributed by atoms with Crippen molar-refractivity contribution in [2.24, 2.45) is 0 Å². The molecule has 0 unspecified atom stereocenters. The van der Waals surface area contributed by atoms with E-state index in [9.17, 15) is 4.79 Å². The molecule has 1 aromatic heterocycles. The highest BCUT2D eigenvalue weighted by Crippen LogP contribution is 2.37. The summed E-state index contributed by atoms with van der Waals surface area (Å²) in [5.74, 6) is 0.720. The Morgan fingerprint density at radius 3 is 2.71 bits per heavy atom. The maximum absolute atomic E-state index is 11.0. The number of aromatic amines is 1. The third-order valence-electron chi connectivity index (χ3n) is 3.44. The number of aromatic nitrogens is 2. The van der Waals surface area contributed by atoms with Crippen LogP contribution in [-0.4, -0.2) is 10.2 Å². The number of hydrogen-bond donors (Lipinski definition) is 1. The fraction of sp³-hybridized carbons (Fsp3) is 0.286. The summed E-state index contributed by atoms with van der Waals surface area (Å²) >= 11 is 0. The van der Waals surface area contributed by atoms with E-state index in [1.807, 2.05) is 6.07 Å². The third kappa shape index (κ3) is 2.00. The normalized spacial score (nSPS) is 15.5. The van der Waals surface area contributed by atoms with E-state index in [4.69, 9.17) is 0 Å². The van der Waals surface area contributed by atoms with Crippen molar-refractivity contribution in [2.45, 2.75) is 25.2 Å². The van der Waals surface area contributed by atoms with Gasteiger partial charge in [-0.3, -0.25) is 4.79 Å². The molecule has 1 aromatic carbocycles. The summed E-state index contributed by atoms with van der Waals surface area (Å²) in [6.45, 7) is 0. The molecule has 17 heavy (non-hydrogen) atoms. The van der Waals surface area contributed by atoms with E-state index in [-0.39, 0.29) is 5.56 Å². The van der Waals surface area contributed by atoms with Gasteiger partial charge in [-0.05, 0) is 36.5 Å². The van der Waals surface area contributed by atoms with Crippen LogP contribution >= 0.6 is 0 Å². The van der Waals surface area contributed by atoms with Gasteiger partial charge in [0.25, 0.3) is 5.56 Å². The Morgan fingerprint density at radius 1 is 1.18 bits per heavy atom. The van der Waals surface area contributed by atoms with Crippen molar-refractivity contribution in [3.8, 4) is 11.3 Å². The van der Waals surface area contributed by atoms with Crippen LogP contribution in [-0.2, 0) is 0 Å². The lowest BCUT2D eigenvalue weighted by Gasteiger charge is -2.26. The van der Waals surface area contributed by atoms with Gasteiger partial charge in [0.05, 0.1) is 5.69 Å². The maximum atomic E-state index is 11.0. The lowest BCUT2D eigenvalue weighted by atomic mass is 9.79. The molecule has 0 radical (unpaired) electrons. The summed E-state index contributed by atoms with van der Waals surface area (Å²) < 4.78 is 0. The van der Waals surface area contributed by atoms with Gasteiger partial charge in [0, 0.05) is 11.6 Å². The molecule has 3 heteroatoms. The van der Waals surface area contributed by atoms with Crippen LogP contribution in [0.1, 0.15) is 30.7 Å². The second-order valence-electron chi connectivity index (χ2n) is 4.56. The van der Waals surface area contributed by atoms with Crippen molar-refractivity contribution in [1.82, 2.24) is 10.2 Å². The molecule has 0 bridgehead atoms. The number of nitrogens with zero attached hydrogens (tertiary/aromatic N) is 1. The molecule has 1 aliphatic rings. The first-order valence-corrected chi connectivity index (χ1v) is 5.99. The zero-order chi connectivity index (χ0) is 11.7. The largest absolute Gasteiger partial charge is 0.268 e. The SMILES string of the molecule is O=c1ccc(-c2cccc(C3CCC3)c2)n[nH]1. The zero-order valence-electron chi connectivity index (χ0n) is 9.52. The molecule has 0 saturated heterocycles. The molecule has 3 rings (SSSR count). The Kier molecular flexibility index (Phi) is 2.52. The molecular weight excluding hydrogens is 212 g/mol. The van der Waals surface area contributed by atoms with Crippen LogP contribution in [0.5, 0.6) is 0 Å². The van der Waals surface area contributed by atoms with E-state index in [0.29, 0.717) is 0 Å². The van der Waals surface area contributed by atoms with Gasteiger partial charge in [-0.25, -0.2) is 5.10 Å². The quantitative estimate of drug-likeness (QED) is 0.855. The Hall–Kier alpha value is -1.90. The highest BCUT2D eigenvalue weighted by Gasteiger charge is 2.19. The van der Waals surface area contributed by atoms with Crippen LogP contribution in [0.15, 0.2) is 41.2 Å². The minimum atomic E-state index is -0.163. The lowest BCUT2D eigenvalue weighted by molar-refractivity contribution is 0.420. The zero-order valence-corrected chi connectivity index (χ0v) is 9.52. The topological polar surface area (TPSA) is 45.8 Å². The van der Waals surface area contributed by atoms with Gasteiger partial charge in [0.1, 0.15) is 0 Å². The van der Waals surface area contributed by atoms with Gasteiger partial charge >= 0.3 is 0 Å². The Bertz CT molecular complexity index is 564. The molecule has 2 aromatic rings. The van der Waals surface area contributed by atoms with Crippen molar-refractivity contribution in [3.05, 3.63) is 52.3 Å². The second kappa shape index (κ2) is 4.17. The smallest absolute Gasteiger partial charge is 0.264 e.